The van der Waals surface area contributed by atoms with E-state index < -0.39 is 0 Å². The Morgan fingerprint density at radius 1 is 0.905 bits per heavy atom. The molecule has 116 valence electrons. The molecule has 0 bridgehead atoms. The van der Waals surface area contributed by atoms with Crippen LogP contribution in [0.2, 0.25) is 0 Å². The average Bonchev–Trinajstić information content (AvgIpc) is 2.81. The average molecular weight is 287 g/mol. The van der Waals surface area contributed by atoms with Gasteiger partial charge in [-0.15, -0.1) is 0 Å². The number of piperazine rings is 1. The van der Waals surface area contributed by atoms with Gasteiger partial charge >= 0.3 is 0 Å². The number of rotatable bonds is 3. The summed E-state index contributed by atoms with van der Waals surface area (Å²) in [5, 5.41) is 0. The number of para-hydroxylation sites is 1. The van der Waals surface area contributed by atoms with Crippen molar-refractivity contribution < 1.29 is 0 Å². The van der Waals surface area contributed by atoms with Crippen LogP contribution in [0, 0.1) is 5.92 Å². The Balaban J connectivity index is 1.59. The van der Waals surface area contributed by atoms with Crippen molar-refractivity contribution in [1.29, 1.82) is 0 Å². The summed E-state index contributed by atoms with van der Waals surface area (Å²) in [5.41, 5.74) is 7.42. The molecule has 0 radical (unpaired) electrons. The van der Waals surface area contributed by atoms with Crippen molar-refractivity contribution in [3.8, 4) is 0 Å². The predicted octanol–water partition coefficient (Wildman–Crippen LogP) is 2.72. The van der Waals surface area contributed by atoms with Crippen LogP contribution in [0.3, 0.4) is 0 Å². The number of hydrogen-bond acceptors (Lipinski definition) is 3. The standard InChI is InChI=1S/C18H29N3/c19-15-16-7-3-1-6-10-18(16)21-13-11-20(12-14-21)17-8-4-2-5-9-17/h2,4-5,8-9,16,18H,1,3,6-7,10-15,19H2. The predicted molar refractivity (Wildman–Crippen MR) is 89.6 cm³/mol. The molecule has 1 heterocycles. The van der Waals surface area contributed by atoms with Crippen LogP contribution in [-0.4, -0.2) is 43.7 Å². The molecular formula is C18H29N3. The Morgan fingerprint density at radius 2 is 1.62 bits per heavy atom. The van der Waals surface area contributed by atoms with E-state index in [1.54, 1.807) is 0 Å². The van der Waals surface area contributed by atoms with Crippen molar-refractivity contribution in [2.45, 2.75) is 38.1 Å². The van der Waals surface area contributed by atoms with Gasteiger partial charge in [0, 0.05) is 37.9 Å². The maximum absolute atomic E-state index is 6.05. The molecule has 3 heteroatoms. The topological polar surface area (TPSA) is 32.5 Å². The largest absolute Gasteiger partial charge is 0.369 e. The third kappa shape index (κ3) is 3.58. The van der Waals surface area contributed by atoms with Gasteiger partial charge in [-0.2, -0.15) is 0 Å². The highest BCUT2D eigenvalue weighted by molar-refractivity contribution is 5.46. The van der Waals surface area contributed by atoms with Crippen LogP contribution < -0.4 is 10.6 Å². The second-order valence-electron chi connectivity index (χ2n) is 6.56. The van der Waals surface area contributed by atoms with Gasteiger partial charge in [-0.05, 0) is 37.4 Å². The fraction of sp³-hybridized carbons (Fsp3) is 0.667. The van der Waals surface area contributed by atoms with E-state index in [9.17, 15) is 0 Å². The summed E-state index contributed by atoms with van der Waals surface area (Å²) in [6, 6.07) is 11.6. The summed E-state index contributed by atoms with van der Waals surface area (Å²) in [6.07, 6.45) is 6.85. The Kier molecular flexibility index (Phi) is 5.15. The van der Waals surface area contributed by atoms with Crippen molar-refractivity contribution in [1.82, 2.24) is 4.90 Å². The third-order valence-electron chi connectivity index (χ3n) is 5.33. The van der Waals surface area contributed by atoms with Crippen LogP contribution in [0.1, 0.15) is 32.1 Å². The van der Waals surface area contributed by atoms with Gasteiger partial charge in [-0.25, -0.2) is 0 Å². The smallest absolute Gasteiger partial charge is 0.0367 e. The molecule has 2 atom stereocenters. The molecule has 2 aliphatic rings. The fourth-order valence-corrected chi connectivity index (χ4v) is 4.07. The molecule has 3 rings (SSSR count). The molecule has 0 amide bonds. The quantitative estimate of drug-likeness (QED) is 0.868. The number of nitrogens with zero attached hydrogens (tertiary/aromatic N) is 2. The van der Waals surface area contributed by atoms with E-state index in [0.29, 0.717) is 0 Å². The first kappa shape index (κ1) is 14.9. The molecular weight excluding hydrogens is 258 g/mol. The van der Waals surface area contributed by atoms with E-state index in [1.165, 1.54) is 50.9 Å². The highest BCUT2D eigenvalue weighted by Crippen LogP contribution is 2.28. The molecule has 1 aliphatic heterocycles. The van der Waals surface area contributed by atoms with Gasteiger partial charge in [0.25, 0.3) is 0 Å². The Bertz CT molecular complexity index is 412. The van der Waals surface area contributed by atoms with Gasteiger partial charge in [0.05, 0.1) is 0 Å². The van der Waals surface area contributed by atoms with Crippen LogP contribution in [0.4, 0.5) is 5.69 Å². The molecule has 1 saturated heterocycles. The second kappa shape index (κ2) is 7.28. The van der Waals surface area contributed by atoms with Crippen LogP contribution in [0.15, 0.2) is 30.3 Å². The molecule has 2 unspecified atom stereocenters. The van der Waals surface area contributed by atoms with Crippen LogP contribution in [0.25, 0.3) is 0 Å². The number of hydrogen-bond donors (Lipinski definition) is 1. The molecule has 2 fully saturated rings. The molecule has 21 heavy (non-hydrogen) atoms. The third-order valence-corrected chi connectivity index (χ3v) is 5.33. The lowest BCUT2D eigenvalue weighted by Gasteiger charge is -2.42. The first-order valence-corrected chi connectivity index (χ1v) is 8.62. The number of benzene rings is 1. The molecule has 1 aromatic carbocycles. The van der Waals surface area contributed by atoms with Gasteiger partial charge in [-0.1, -0.05) is 37.5 Å². The SMILES string of the molecule is NCC1CCCCCC1N1CCN(c2ccccc2)CC1. The molecule has 0 spiro atoms. The maximum atomic E-state index is 6.05. The van der Waals surface area contributed by atoms with E-state index in [1.807, 2.05) is 0 Å². The molecule has 2 N–H and O–H groups in total. The van der Waals surface area contributed by atoms with Gasteiger partial charge in [0.1, 0.15) is 0 Å². The maximum Gasteiger partial charge on any atom is 0.0367 e. The van der Waals surface area contributed by atoms with Crippen molar-refractivity contribution in [3.05, 3.63) is 30.3 Å². The monoisotopic (exact) mass is 287 g/mol. The fourth-order valence-electron chi connectivity index (χ4n) is 4.07. The number of anilines is 1. The highest BCUT2D eigenvalue weighted by atomic mass is 15.3. The van der Waals surface area contributed by atoms with Gasteiger partial charge in [0.2, 0.25) is 0 Å². The van der Waals surface area contributed by atoms with Crippen molar-refractivity contribution in [3.63, 3.8) is 0 Å². The van der Waals surface area contributed by atoms with E-state index in [4.69, 9.17) is 5.73 Å². The first-order valence-electron chi connectivity index (χ1n) is 8.62. The van der Waals surface area contributed by atoms with Gasteiger partial charge < -0.3 is 10.6 Å². The van der Waals surface area contributed by atoms with Gasteiger partial charge in [-0.3, -0.25) is 4.90 Å². The minimum Gasteiger partial charge on any atom is -0.369 e. The van der Waals surface area contributed by atoms with E-state index in [-0.39, 0.29) is 0 Å². The van der Waals surface area contributed by atoms with E-state index in [0.717, 1.165) is 31.6 Å². The molecule has 1 saturated carbocycles. The zero-order valence-corrected chi connectivity index (χ0v) is 13.1. The first-order chi connectivity index (χ1) is 10.4. The van der Waals surface area contributed by atoms with Crippen molar-refractivity contribution >= 4 is 5.69 Å². The molecule has 0 aromatic heterocycles. The van der Waals surface area contributed by atoms with Crippen molar-refractivity contribution in [2.75, 3.05) is 37.6 Å². The lowest BCUT2D eigenvalue weighted by molar-refractivity contribution is 0.128. The summed E-state index contributed by atoms with van der Waals surface area (Å²) < 4.78 is 0. The Labute approximate surface area is 129 Å². The van der Waals surface area contributed by atoms with Crippen LogP contribution >= 0.6 is 0 Å². The Hall–Kier alpha value is -1.06. The zero-order chi connectivity index (χ0) is 14.5. The summed E-state index contributed by atoms with van der Waals surface area (Å²) in [4.78, 5) is 5.24. The summed E-state index contributed by atoms with van der Waals surface area (Å²) in [5.74, 6) is 0.718. The van der Waals surface area contributed by atoms with Crippen LogP contribution in [0.5, 0.6) is 0 Å². The van der Waals surface area contributed by atoms with E-state index >= 15 is 0 Å². The van der Waals surface area contributed by atoms with Gasteiger partial charge in [0.15, 0.2) is 0 Å². The summed E-state index contributed by atoms with van der Waals surface area (Å²) in [7, 11) is 0. The molecule has 1 aliphatic carbocycles. The second-order valence-corrected chi connectivity index (χ2v) is 6.56. The Morgan fingerprint density at radius 3 is 2.33 bits per heavy atom. The summed E-state index contributed by atoms with van der Waals surface area (Å²) in [6.45, 7) is 5.55. The minimum atomic E-state index is 0.718. The number of nitrogens with two attached hydrogens (primary N) is 1. The minimum absolute atomic E-state index is 0.718. The molecule has 3 nitrogen and oxygen atoms in total. The molecule has 1 aromatic rings. The lowest BCUT2D eigenvalue weighted by atomic mass is 9.93. The summed E-state index contributed by atoms with van der Waals surface area (Å²) >= 11 is 0. The normalized spacial score (nSPS) is 28.3. The van der Waals surface area contributed by atoms with E-state index in [2.05, 4.69) is 40.1 Å². The zero-order valence-electron chi connectivity index (χ0n) is 13.1. The van der Waals surface area contributed by atoms with Crippen molar-refractivity contribution in [2.24, 2.45) is 11.7 Å². The lowest BCUT2D eigenvalue weighted by Crippen LogP contribution is -2.53. The van der Waals surface area contributed by atoms with Crippen LogP contribution in [-0.2, 0) is 0 Å². The highest BCUT2D eigenvalue weighted by Gasteiger charge is 2.30.